The highest BCUT2D eigenvalue weighted by Crippen LogP contribution is 2.22. The topological polar surface area (TPSA) is 70.2 Å². The number of hydrogen-bond donors (Lipinski definition) is 2. The number of anilines is 1. The summed E-state index contributed by atoms with van der Waals surface area (Å²) >= 11 is 0. The van der Waals surface area contributed by atoms with Crippen molar-refractivity contribution in [3.05, 3.63) is 48.5 Å². The van der Waals surface area contributed by atoms with Crippen molar-refractivity contribution >= 4 is 22.8 Å². The summed E-state index contributed by atoms with van der Waals surface area (Å²) in [5, 5.41) is 2.97. The first-order valence-corrected chi connectivity index (χ1v) is 8.87. The molecule has 2 amide bonds. The normalized spacial score (nSPS) is 15.3. The summed E-state index contributed by atoms with van der Waals surface area (Å²) in [4.78, 5) is 22.1. The molecule has 0 aliphatic carbocycles. The van der Waals surface area contributed by atoms with Crippen molar-refractivity contribution in [3.8, 4) is 11.4 Å². The summed E-state index contributed by atoms with van der Waals surface area (Å²) in [5.41, 5.74) is 3.72. The van der Waals surface area contributed by atoms with E-state index in [1.54, 1.807) is 7.11 Å². The van der Waals surface area contributed by atoms with Gasteiger partial charge in [0.2, 0.25) is 0 Å². The second-order valence-corrected chi connectivity index (χ2v) is 6.53. The summed E-state index contributed by atoms with van der Waals surface area (Å²) in [6, 6.07) is 15.6. The molecule has 0 spiro atoms. The lowest BCUT2D eigenvalue weighted by Gasteiger charge is -2.31. The number of urea groups is 1. The van der Waals surface area contributed by atoms with E-state index < -0.39 is 0 Å². The van der Waals surface area contributed by atoms with Crippen LogP contribution in [0.1, 0.15) is 12.8 Å². The maximum absolute atomic E-state index is 12.4. The van der Waals surface area contributed by atoms with Crippen molar-refractivity contribution in [2.24, 2.45) is 0 Å². The van der Waals surface area contributed by atoms with E-state index in [1.807, 2.05) is 53.4 Å². The van der Waals surface area contributed by atoms with Crippen LogP contribution in [0.3, 0.4) is 0 Å². The first kappa shape index (κ1) is 16.6. The number of benzene rings is 2. The van der Waals surface area contributed by atoms with Crippen LogP contribution in [0.15, 0.2) is 48.5 Å². The van der Waals surface area contributed by atoms with Crippen LogP contribution in [0.5, 0.6) is 0 Å². The number of rotatable bonds is 3. The van der Waals surface area contributed by atoms with Gasteiger partial charge in [0, 0.05) is 31.5 Å². The van der Waals surface area contributed by atoms with Gasteiger partial charge in [-0.3, -0.25) is 0 Å². The van der Waals surface area contributed by atoms with Crippen LogP contribution >= 0.6 is 0 Å². The number of carbonyl (C=O) groups excluding carboxylic acids is 1. The Morgan fingerprint density at radius 2 is 1.88 bits per heavy atom. The molecule has 26 heavy (non-hydrogen) atoms. The zero-order chi connectivity index (χ0) is 17.9. The van der Waals surface area contributed by atoms with Crippen LogP contribution in [-0.2, 0) is 4.74 Å². The summed E-state index contributed by atoms with van der Waals surface area (Å²) in [7, 11) is 1.73. The lowest BCUT2D eigenvalue weighted by molar-refractivity contribution is 0.0521. The Kier molecular flexibility index (Phi) is 4.58. The summed E-state index contributed by atoms with van der Waals surface area (Å²) in [6.07, 6.45) is 2.03. The quantitative estimate of drug-likeness (QED) is 0.753. The standard InChI is InChI=1S/C20H22N4O2/c1-26-16-10-12-24(13-11-16)20(25)21-15-8-6-14(7-9-15)19-22-17-4-2-3-5-18(17)23-19/h2-9,16H,10-13H2,1H3,(H,21,25)(H,22,23). The molecule has 134 valence electrons. The minimum Gasteiger partial charge on any atom is -0.381 e. The van der Waals surface area contributed by atoms with Gasteiger partial charge in [0.25, 0.3) is 0 Å². The van der Waals surface area contributed by atoms with Crippen molar-refractivity contribution in [1.29, 1.82) is 0 Å². The third-order valence-electron chi connectivity index (χ3n) is 4.86. The zero-order valence-electron chi connectivity index (χ0n) is 14.7. The van der Waals surface area contributed by atoms with E-state index in [0.29, 0.717) is 0 Å². The molecule has 1 saturated heterocycles. The SMILES string of the molecule is COC1CCN(C(=O)Nc2ccc(-c3nc4ccccc4[nH]3)cc2)CC1. The summed E-state index contributed by atoms with van der Waals surface area (Å²) < 4.78 is 5.35. The molecule has 1 fully saturated rings. The molecule has 2 N–H and O–H groups in total. The Morgan fingerprint density at radius 3 is 2.58 bits per heavy atom. The van der Waals surface area contributed by atoms with Gasteiger partial charge in [0.05, 0.1) is 17.1 Å². The monoisotopic (exact) mass is 350 g/mol. The Balaban J connectivity index is 1.42. The molecule has 6 heteroatoms. The largest absolute Gasteiger partial charge is 0.381 e. The first-order chi connectivity index (χ1) is 12.7. The number of imidazole rings is 1. The number of piperidine rings is 1. The van der Waals surface area contributed by atoms with Crippen molar-refractivity contribution < 1.29 is 9.53 Å². The molecule has 0 atom stereocenters. The minimum absolute atomic E-state index is 0.0592. The van der Waals surface area contributed by atoms with Gasteiger partial charge in [0.15, 0.2) is 0 Å². The number of aromatic nitrogens is 2. The highest BCUT2D eigenvalue weighted by molar-refractivity contribution is 5.89. The molecule has 1 aromatic heterocycles. The van der Waals surface area contributed by atoms with Crippen LogP contribution in [-0.4, -0.2) is 47.2 Å². The molecule has 4 rings (SSSR count). The summed E-state index contributed by atoms with van der Waals surface area (Å²) in [6.45, 7) is 1.45. The highest BCUT2D eigenvalue weighted by Gasteiger charge is 2.22. The van der Waals surface area contributed by atoms with E-state index in [9.17, 15) is 4.79 Å². The number of likely N-dealkylation sites (tertiary alicyclic amines) is 1. The van der Waals surface area contributed by atoms with Crippen LogP contribution in [0.4, 0.5) is 10.5 Å². The van der Waals surface area contributed by atoms with Crippen LogP contribution in [0, 0.1) is 0 Å². The Bertz CT molecular complexity index is 863. The smallest absolute Gasteiger partial charge is 0.321 e. The molecular weight excluding hydrogens is 328 g/mol. The van der Waals surface area contributed by atoms with Crippen molar-refractivity contribution in [3.63, 3.8) is 0 Å². The molecule has 1 aliphatic heterocycles. The maximum Gasteiger partial charge on any atom is 0.321 e. The van der Waals surface area contributed by atoms with E-state index >= 15 is 0 Å². The third kappa shape index (κ3) is 3.41. The van der Waals surface area contributed by atoms with Gasteiger partial charge in [-0.05, 0) is 49.2 Å². The Morgan fingerprint density at radius 1 is 1.15 bits per heavy atom. The molecule has 6 nitrogen and oxygen atoms in total. The minimum atomic E-state index is -0.0592. The number of carbonyl (C=O) groups is 1. The van der Waals surface area contributed by atoms with Gasteiger partial charge >= 0.3 is 6.03 Å². The van der Waals surface area contributed by atoms with Gasteiger partial charge in [-0.1, -0.05) is 12.1 Å². The second-order valence-electron chi connectivity index (χ2n) is 6.53. The fourth-order valence-corrected chi connectivity index (χ4v) is 3.30. The van der Waals surface area contributed by atoms with Crippen LogP contribution < -0.4 is 5.32 Å². The predicted molar refractivity (Wildman–Crippen MR) is 102 cm³/mol. The van der Waals surface area contributed by atoms with Crippen molar-refractivity contribution in [1.82, 2.24) is 14.9 Å². The molecular formula is C20H22N4O2. The average molecular weight is 350 g/mol. The van der Waals surface area contributed by atoms with Gasteiger partial charge in [-0.15, -0.1) is 0 Å². The fourth-order valence-electron chi connectivity index (χ4n) is 3.30. The molecule has 2 heterocycles. The fraction of sp³-hybridized carbons (Fsp3) is 0.300. The van der Waals surface area contributed by atoms with E-state index in [0.717, 1.165) is 54.0 Å². The van der Waals surface area contributed by atoms with Gasteiger partial charge in [0.1, 0.15) is 5.82 Å². The van der Waals surface area contributed by atoms with Crippen LogP contribution in [0.25, 0.3) is 22.4 Å². The third-order valence-corrected chi connectivity index (χ3v) is 4.86. The molecule has 0 radical (unpaired) electrons. The number of ether oxygens (including phenoxy) is 1. The van der Waals surface area contributed by atoms with Crippen LogP contribution in [0.2, 0.25) is 0 Å². The van der Waals surface area contributed by atoms with E-state index in [4.69, 9.17) is 4.74 Å². The zero-order valence-corrected chi connectivity index (χ0v) is 14.7. The Hall–Kier alpha value is -2.86. The highest BCUT2D eigenvalue weighted by atomic mass is 16.5. The first-order valence-electron chi connectivity index (χ1n) is 8.87. The number of nitrogens with one attached hydrogen (secondary N) is 2. The number of hydrogen-bond acceptors (Lipinski definition) is 3. The number of aromatic amines is 1. The van der Waals surface area contributed by atoms with E-state index in [-0.39, 0.29) is 12.1 Å². The van der Waals surface area contributed by atoms with E-state index in [2.05, 4.69) is 15.3 Å². The number of fused-ring (bicyclic) bond motifs is 1. The molecule has 1 aliphatic rings. The number of methoxy groups -OCH3 is 1. The molecule has 0 saturated carbocycles. The lowest BCUT2D eigenvalue weighted by atomic mass is 10.1. The second kappa shape index (κ2) is 7.17. The molecule has 3 aromatic rings. The number of para-hydroxylation sites is 2. The molecule has 0 unspecified atom stereocenters. The lowest BCUT2D eigenvalue weighted by Crippen LogP contribution is -2.42. The summed E-state index contributed by atoms with van der Waals surface area (Å²) in [5.74, 6) is 0.825. The maximum atomic E-state index is 12.4. The van der Waals surface area contributed by atoms with Crippen molar-refractivity contribution in [2.45, 2.75) is 18.9 Å². The van der Waals surface area contributed by atoms with Crippen molar-refractivity contribution in [2.75, 3.05) is 25.5 Å². The van der Waals surface area contributed by atoms with Gasteiger partial charge in [-0.25, -0.2) is 9.78 Å². The number of H-pyrrole nitrogens is 1. The number of nitrogens with zero attached hydrogens (tertiary/aromatic N) is 2. The van der Waals surface area contributed by atoms with Gasteiger partial charge < -0.3 is 19.9 Å². The number of amides is 2. The molecule has 2 aromatic carbocycles. The predicted octanol–water partition coefficient (Wildman–Crippen LogP) is 3.87. The Labute approximate surface area is 152 Å². The average Bonchev–Trinajstić information content (AvgIpc) is 3.13. The van der Waals surface area contributed by atoms with Gasteiger partial charge in [-0.2, -0.15) is 0 Å². The van der Waals surface area contributed by atoms with E-state index in [1.165, 1.54) is 0 Å². The molecule has 0 bridgehead atoms.